The van der Waals surface area contributed by atoms with E-state index in [4.69, 9.17) is 16.3 Å². The highest BCUT2D eigenvalue weighted by Crippen LogP contribution is 2.30. The molecule has 0 saturated carbocycles. The van der Waals surface area contributed by atoms with Crippen molar-refractivity contribution in [2.24, 2.45) is 0 Å². The number of rotatable bonds is 3. The molecular weight excluding hydrogens is 264 g/mol. The molecule has 0 aliphatic carbocycles. The van der Waals surface area contributed by atoms with Crippen molar-refractivity contribution in [1.29, 1.82) is 0 Å². The van der Waals surface area contributed by atoms with Crippen LogP contribution in [0.2, 0.25) is 5.15 Å². The molecule has 0 amide bonds. The van der Waals surface area contributed by atoms with Crippen LogP contribution in [0, 0.1) is 0 Å². The van der Waals surface area contributed by atoms with Crippen LogP contribution in [-0.2, 0) is 4.74 Å². The standard InChI is InChI=1S/C10H13ClN2OS2/c1-15-10-12-8(11)6-9(13-10)16-7-2-4-14-5-3-7/h6-7H,2-5H2,1H3. The molecule has 0 spiro atoms. The summed E-state index contributed by atoms with van der Waals surface area (Å²) in [4.78, 5) is 8.56. The van der Waals surface area contributed by atoms with Crippen molar-refractivity contribution in [2.75, 3.05) is 19.5 Å². The van der Waals surface area contributed by atoms with Gasteiger partial charge in [0.25, 0.3) is 0 Å². The molecule has 1 fully saturated rings. The summed E-state index contributed by atoms with van der Waals surface area (Å²) in [5, 5.41) is 2.82. The Kier molecular flexibility index (Phi) is 4.76. The fourth-order valence-electron chi connectivity index (χ4n) is 1.49. The lowest BCUT2D eigenvalue weighted by molar-refractivity contribution is 0.1000. The Hall–Kier alpha value is 0.0300. The van der Waals surface area contributed by atoms with Gasteiger partial charge in [-0.15, -0.1) is 11.8 Å². The lowest BCUT2D eigenvalue weighted by atomic mass is 10.2. The first kappa shape index (κ1) is 12.5. The lowest BCUT2D eigenvalue weighted by Gasteiger charge is -2.20. The number of ether oxygens (including phenoxy) is 1. The summed E-state index contributed by atoms with van der Waals surface area (Å²) in [6, 6.07) is 1.83. The molecule has 3 nitrogen and oxygen atoms in total. The number of hydrogen-bond acceptors (Lipinski definition) is 5. The highest BCUT2D eigenvalue weighted by atomic mass is 35.5. The predicted octanol–water partition coefficient (Wildman–Crippen LogP) is 3.12. The molecule has 0 atom stereocenters. The summed E-state index contributed by atoms with van der Waals surface area (Å²) < 4.78 is 5.33. The maximum Gasteiger partial charge on any atom is 0.189 e. The van der Waals surface area contributed by atoms with Crippen LogP contribution in [0.3, 0.4) is 0 Å². The SMILES string of the molecule is CSc1nc(Cl)cc(SC2CCOCC2)n1. The van der Waals surface area contributed by atoms with Gasteiger partial charge in [-0.25, -0.2) is 9.97 Å². The fourth-order valence-corrected chi connectivity index (χ4v) is 3.32. The Balaban J connectivity index is 2.04. The third-order valence-electron chi connectivity index (χ3n) is 2.29. The first-order valence-corrected chi connectivity index (χ1v) is 7.59. The van der Waals surface area contributed by atoms with Crippen LogP contribution in [0.5, 0.6) is 0 Å². The van der Waals surface area contributed by atoms with Crippen LogP contribution >= 0.6 is 35.1 Å². The Labute approximate surface area is 109 Å². The number of thioether (sulfide) groups is 2. The van der Waals surface area contributed by atoms with Crippen molar-refractivity contribution in [3.63, 3.8) is 0 Å². The Morgan fingerprint density at radius 3 is 2.81 bits per heavy atom. The van der Waals surface area contributed by atoms with Gasteiger partial charge in [-0.05, 0) is 19.1 Å². The van der Waals surface area contributed by atoms with Gasteiger partial charge in [-0.1, -0.05) is 23.4 Å². The van der Waals surface area contributed by atoms with Crippen LogP contribution in [0.1, 0.15) is 12.8 Å². The van der Waals surface area contributed by atoms with Crippen LogP contribution in [0.4, 0.5) is 0 Å². The van der Waals surface area contributed by atoms with E-state index in [9.17, 15) is 0 Å². The van der Waals surface area contributed by atoms with Gasteiger partial charge in [-0.2, -0.15) is 0 Å². The normalized spacial score (nSPS) is 17.6. The maximum atomic E-state index is 5.94. The Bertz CT molecular complexity index is 359. The average molecular weight is 277 g/mol. The second-order valence-electron chi connectivity index (χ2n) is 3.45. The van der Waals surface area contributed by atoms with Gasteiger partial charge in [0.05, 0.1) is 0 Å². The highest BCUT2D eigenvalue weighted by molar-refractivity contribution is 8.00. The van der Waals surface area contributed by atoms with E-state index in [-0.39, 0.29) is 0 Å². The van der Waals surface area contributed by atoms with Gasteiger partial charge in [0.15, 0.2) is 5.16 Å². The molecule has 1 aliphatic rings. The van der Waals surface area contributed by atoms with Gasteiger partial charge < -0.3 is 4.74 Å². The summed E-state index contributed by atoms with van der Waals surface area (Å²) in [6.45, 7) is 1.71. The minimum absolute atomic E-state index is 0.522. The highest BCUT2D eigenvalue weighted by Gasteiger charge is 2.16. The van der Waals surface area contributed by atoms with Gasteiger partial charge in [-0.3, -0.25) is 0 Å². The minimum atomic E-state index is 0.522. The van der Waals surface area contributed by atoms with Crippen molar-refractivity contribution in [3.05, 3.63) is 11.2 Å². The molecule has 2 heterocycles. The van der Waals surface area contributed by atoms with Crippen molar-refractivity contribution >= 4 is 35.1 Å². The monoisotopic (exact) mass is 276 g/mol. The quantitative estimate of drug-likeness (QED) is 0.481. The zero-order valence-corrected chi connectivity index (χ0v) is 11.4. The molecule has 1 aromatic rings. The molecule has 1 aromatic heterocycles. The van der Waals surface area contributed by atoms with Crippen LogP contribution in [0.25, 0.3) is 0 Å². The van der Waals surface area contributed by atoms with E-state index in [0.29, 0.717) is 10.4 Å². The second-order valence-corrected chi connectivity index (χ2v) is 5.93. The third-order valence-corrected chi connectivity index (χ3v) is 4.29. The Morgan fingerprint density at radius 1 is 1.38 bits per heavy atom. The largest absolute Gasteiger partial charge is 0.381 e. The molecule has 88 valence electrons. The third kappa shape index (κ3) is 3.52. The van der Waals surface area contributed by atoms with Gasteiger partial charge in [0, 0.05) is 24.5 Å². The molecule has 0 radical (unpaired) electrons. The molecule has 0 unspecified atom stereocenters. The van der Waals surface area contributed by atoms with Crippen LogP contribution in [-0.4, -0.2) is 34.7 Å². The molecule has 0 aromatic carbocycles. The van der Waals surface area contributed by atoms with Gasteiger partial charge in [0.2, 0.25) is 0 Å². The lowest BCUT2D eigenvalue weighted by Crippen LogP contribution is -2.17. The number of hydrogen-bond donors (Lipinski definition) is 0. The maximum absolute atomic E-state index is 5.94. The van der Waals surface area contributed by atoms with E-state index in [1.54, 1.807) is 11.8 Å². The number of halogens is 1. The van der Waals surface area contributed by atoms with Gasteiger partial charge >= 0.3 is 0 Å². The van der Waals surface area contributed by atoms with Crippen LogP contribution in [0.15, 0.2) is 16.2 Å². The predicted molar refractivity (Wildman–Crippen MR) is 68.5 cm³/mol. The van der Waals surface area contributed by atoms with E-state index in [1.165, 1.54) is 11.8 Å². The summed E-state index contributed by atoms with van der Waals surface area (Å²) in [6.07, 6.45) is 4.12. The van der Waals surface area contributed by atoms with Crippen molar-refractivity contribution in [1.82, 2.24) is 9.97 Å². The van der Waals surface area contributed by atoms with Gasteiger partial charge in [0.1, 0.15) is 10.2 Å². The van der Waals surface area contributed by atoms with E-state index >= 15 is 0 Å². The molecule has 0 bridgehead atoms. The van der Waals surface area contributed by atoms with E-state index in [0.717, 1.165) is 36.2 Å². The van der Waals surface area contributed by atoms with E-state index in [1.807, 2.05) is 12.3 Å². The minimum Gasteiger partial charge on any atom is -0.381 e. The summed E-state index contributed by atoms with van der Waals surface area (Å²) in [7, 11) is 0. The van der Waals surface area contributed by atoms with E-state index in [2.05, 4.69) is 9.97 Å². The molecule has 0 N–H and O–H groups in total. The topological polar surface area (TPSA) is 35.0 Å². The summed E-state index contributed by atoms with van der Waals surface area (Å²) in [5.74, 6) is 0. The molecule has 1 aliphatic heterocycles. The Morgan fingerprint density at radius 2 is 2.12 bits per heavy atom. The summed E-state index contributed by atoms with van der Waals surface area (Å²) >= 11 is 9.24. The first-order valence-electron chi connectivity index (χ1n) is 5.11. The molecule has 6 heteroatoms. The number of nitrogens with zero attached hydrogens (tertiary/aromatic N) is 2. The smallest absolute Gasteiger partial charge is 0.189 e. The summed E-state index contributed by atoms with van der Waals surface area (Å²) in [5.41, 5.74) is 0. The molecule has 2 rings (SSSR count). The average Bonchev–Trinajstić information content (AvgIpc) is 2.29. The second kappa shape index (κ2) is 6.10. The molecule has 1 saturated heterocycles. The van der Waals surface area contributed by atoms with Crippen molar-refractivity contribution in [3.8, 4) is 0 Å². The number of aromatic nitrogens is 2. The fraction of sp³-hybridized carbons (Fsp3) is 0.600. The zero-order valence-electron chi connectivity index (χ0n) is 8.98. The van der Waals surface area contributed by atoms with Crippen molar-refractivity contribution < 1.29 is 4.74 Å². The van der Waals surface area contributed by atoms with Crippen molar-refractivity contribution in [2.45, 2.75) is 28.3 Å². The van der Waals surface area contributed by atoms with E-state index < -0.39 is 0 Å². The van der Waals surface area contributed by atoms with Crippen LogP contribution < -0.4 is 0 Å². The molecular formula is C10H13ClN2OS2. The zero-order chi connectivity index (χ0) is 11.4. The first-order chi connectivity index (χ1) is 7.78. The molecule has 16 heavy (non-hydrogen) atoms.